The summed E-state index contributed by atoms with van der Waals surface area (Å²) in [5.41, 5.74) is 1.42. The third-order valence-corrected chi connectivity index (χ3v) is 3.74. The van der Waals surface area contributed by atoms with Crippen LogP contribution in [0.1, 0.15) is 37.1 Å². The molecule has 6 heteroatoms. The van der Waals surface area contributed by atoms with Crippen molar-refractivity contribution < 1.29 is 19.0 Å². The zero-order chi connectivity index (χ0) is 17.7. The van der Waals surface area contributed by atoms with Crippen LogP contribution in [0.5, 0.6) is 11.5 Å². The van der Waals surface area contributed by atoms with E-state index in [1.165, 1.54) is 19.2 Å². The number of rotatable bonds is 5. The molecule has 0 fully saturated rings. The Bertz CT molecular complexity index is 721. The predicted octanol–water partition coefficient (Wildman–Crippen LogP) is 3.66. The van der Waals surface area contributed by atoms with Crippen molar-refractivity contribution in [1.29, 1.82) is 0 Å². The molecule has 2 aromatic carbocycles. The van der Waals surface area contributed by atoms with Gasteiger partial charge in [-0.25, -0.2) is 9.18 Å². The molecule has 0 bridgehead atoms. The quantitative estimate of drug-likeness (QED) is 0.782. The first kappa shape index (κ1) is 17.6. The molecule has 2 atom stereocenters. The maximum absolute atomic E-state index is 13.7. The average molecular weight is 332 g/mol. The lowest BCUT2D eigenvalue weighted by Crippen LogP contribution is -2.38. The van der Waals surface area contributed by atoms with Gasteiger partial charge in [0, 0.05) is 0 Å². The van der Waals surface area contributed by atoms with E-state index in [2.05, 4.69) is 10.6 Å². The van der Waals surface area contributed by atoms with Gasteiger partial charge >= 0.3 is 6.03 Å². The van der Waals surface area contributed by atoms with Crippen LogP contribution in [0.4, 0.5) is 9.18 Å². The summed E-state index contributed by atoms with van der Waals surface area (Å²) in [5, 5.41) is 15.0. The molecule has 128 valence electrons. The molecule has 1 unspecified atom stereocenters. The normalized spacial score (nSPS) is 13.0. The summed E-state index contributed by atoms with van der Waals surface area (Å²) >= 11 is 0. The molecule has 0 saturated heterocycles. The number of amides is 2. The molecule has 0 aliphatic rings. The Labute approximate surface area is 140 Å². The Morgan fingerprint density at radius 1 is 1.08 bits per heavy atom. The van der Waals surface area contributed by atoms with Gasteiger partial charge in [0.25, 0.3) is 0 Å². The SMILES string of the molecule is COc1ccc(C(C)NC(=O)N[C@@H](C)c2cccc(O)c2)cc1F. The van der Waals surface area contributed by atoms with Crippen molar-refractivity contribution in [2.75, 3.05) is 7.11 Å². The summed E-state index contributed by atoms with van der Waals surface area (Å²) < 4.78 is 18.6. The van der Waals surface area contributed by atoms with Crippen LogP contribution in [0.15, 0.2) is 42.5 Å². The van der Waals surface area contributed by atoms with Crippen molar-refractivity contribution in [1.82, 2.24) is 10.6 Å². The minimum Gasteiger partial charge on any atom is -0.508 e. The molecule has 0 radical (unpaired) electrons. The molecule has 0 aliphatic carbocycles. The number of methoxy groups -OCH3 is 1. The van der Waals surface area contributed by atoms with Gasteiger partial charge in [0.2, 0.25) is 0 Å². The summed E-state index contributed by atoms with van der Waals surface area (Å²) in [6.07, 6.45) is 0. The summed E-state index contributed by atoms with van der Waals surface area (Å²) in [4.78, 5) is 12.1. The van der Waals surface area contributed by atoms with Crippen molar-refractivity contribution in [3.63, 3.8) is 0 Å². The fraction of sp³-hybridized carbons (Fsp3) is 0.278. The number of hydrogen-bond donors (Lipinski definition) is 3. The Morgan fingerprint density at radius 2 is 1.71 bits per heavy atom. The van der Waals surface area contributed by atoms with E-state index in [0.717, 1.165) is 5.56 Å². The van der Waals surface area contributed by atoms with Crippen LogP contribution < -0.4 is 15.4 Å². The minimum absolute atomic E-state index is 0.142. The van der Waals surface area contributed by atoms with E-state index in [4.69, 9.17) is 4.74 Å². The lowest BCUT2D eigenvalue weighted by atomic mass is 10.1. The number of aromatic hydroxyl groups is 1. The molecular formula is C18H21FN2O3. The monoisotopic (exact) mass is 332 g/mol. The van der Waals surface area contributed by atoms with Crippen LogP contribution in [0.25, 0.3) is 0 Å². The topological polar surface area (TPSA) is 70.6 Å². The van der Waals surface area contributed by atoms with Gasteiger partial charge in [0.15, 0.2) is 11.6 Å². The van der Waals surface area contributed by atoms with E-state index in [1.54, 1.807) is 31.2 Å². The van der Waals surface area contributed by atoms with Crippen molar-refractivity contribution >= 4 is 6.03 Å². The number of phenolic OH excluding ortho intramolecular Hbond substituents is 1. The van der Waals surface area contributed by atoms with Gasteiger partial charge in [-0.1, -0.05) is 18.2 Å². The fourth-order valence-corrected chi connectivity index (χ4v) is 2.35. The number of phenols is 1. The molecule has 0 aromatic heterocycles. The highest BCUT2D eigenvalue weighted by atomic mass is 19.1. The summed E-state index contributed by atoms with van der Waals surface area (Å²) in [5.74, 6) is -0.172. The standard InChI is InChI=1S/C18H21FN2O3/c1-11(13-5-4-6-15(22)9-13)20-18(23)21-12(2)14-7-8-17(24-3)16(19)10-14/h4-12,22H,1-3H3,(H2,20,21,23)/t11-,12?/m0/s1. The van der Waals surface area contributed by atoms with Crippen LogP contribution >= 0.6 is 0 Å². The minimum atomic E-state index is -0.475. The van der Waals surface area contributed by atoms with E-state index in [-0.39, 0.29) is 29.6 Å². The predicted molar refractivity (Wildman–Crippen MR) is 89.6 cm³/mol. The number of benzene rings is 2. The van der Waals surface area contributed by atoms with Gasteiger partial charge in [-0.15, -0.1) is 0 Å². The van der Waals surface area contributed by atoms with Gasteiger partial charge < -0.3 is 20.5 Å². The van der Waals surface area contributed by atoms with E-state index in [9.17, 15) is 14.3 Å². The van der Waals surface area contributed by atoms with Gasteiger partial charge in [-0.3, -0.25) is 0 Å². The van der Waals surface area contributed by atoms with E-state index in [1.807, 2.05) is 13.0 Å². The lowest BCUT2D eigenvalue weighted by Gasteiger charge is -2.19. The first-order valence-electron chi connectivity index (χ1n) is 7.60. The molecule has 3 N–H and O–H groups in total. The highest BCUT2D eigenvalue weighted by Gasteiger charge is 2.14. The van der Waals surface area contributed by atoms with Crippen molar-refractivity contribution in [2.24, 2.45) is 0 Å². The van der Waals surface area contributed by atoms with E-state index >= 15 is 0 Å². The number of urea groups is 1. The lowest BCUT2D eigenvalue weighted by molar-refractivity contribution is 0.235. The number of ether oxygens (including phenoxy) is 1. The molecule has 0 spiro atoms. The molecule has 2 amide bonds. The van der Waals surface area contributed by atoms with Crippen molar-refractivity contribution in [3.05, 3.63) is 59.4 Å². The number of nitrogens with one attached hydrogen (secondary N) is 2. The second-order valence-electron chi connectivity index (χ2n) is 5.55. The summed E-state index contributed by atoms with van der Waals surface area (Å²) in [7, 11) is 1.40. The highest BCUT2D eigenvalue weighted by Crippen LogP contribution is 2.22. The average Bonchev–Trinajstić information content (AvgIpc) is 2.54. The molecule has 0 saturated carbocycles. The third-order valence-electron chi connectivity index (χ3n) is 3.74. The van der Waals surface area contributed by atoms with Gasteiger partial charge in [-0.05, 0) is 49.2 Å². The maximum Gasteiger partial charge on any atom is 0.315 e. The van der Waals surface area contributed by atoms with Crippen molar-refractivity contribution in [3.8, 4) is 11.5 Å². The first-order valence-corrected chi connectivity index (χ1v) is 7.60. The molecule has 0 heterocycles. The molecule has 2 aromatic rings. The number of halogens is 1. The highest BCUT2D eigenvalue weighted by molar-refractivity contribution is 5.75. The van der Waals surface area contributed by atoms with E-state index < -0.39 is 5.82 Å². The van der Waals surface area contributed by atoms with Gasteiger partial charge in [0.05, 0.1) is 19.2 Å². The van der Waals surface area contributed by atoms with Crippen molar-refractivity contribution in [2.45, 2.75) is 25.9 Å². The Balaban J connectivity index is 1.97. The molecule has 24 heavy (non-hydrogen) atoms. The summed E-state index contributed by atoms with van der Waals surface area (Å²) in [6, 6.07) is 10.2. The Hall–Kier alpha value is -2.76. The molecule has 5 nitrogen and oxygen atoms in total. The number of carbonyl (C=O) groups is 1. The number of hydrogen-bond acceptors (Lipinski definition) is 3. The smallest absolute Gasteiger partial charge is 0.315 e. The largest absolute Gasteiger partial charge is 0.508 e. The van der Waals surface area contributed by atoms with Crippen LogP contribution in [0, 0.1) is 5.82 Å². The summed E-state index contributed by atoms with van der Waals surface area (Å²) in [6.45, 7) is 3.58. The van der Waals surface area contributed by atoms with Crippen LogP contribution in [0.2, 0.25) is 0 Å². The first-order chi connectivity index (χ1) is 11.4. The fourth-order valence-electron chi connectivity index (χ4n) is 2.35. The van der Waals surface area contributed by atoms with Gasteiger partial charge in [-0.2, -0.15) is 0 Å². The number of carbonyl (C=O) groups excluding carboxylic acids is 1. The van der Waals surface area contributed by atoms with Gasteiger partial charge in [0.1, 0.15) is 5.75 Å². The second-order valence-corrected chi connectivity index (χ2v) is 5.55. The molecule has 2 rings (SSSR count). The van der Waals surface area contributed by atoms with Crippen LogP contribution in [-0.4, -0.2) is 18.2 Å². The zero-order valence-electron chi connectivity index (χ0n) is 13.8. The second kappa shape index (κ2) is 7.68. The van der Waals surface area contributed by atoms with E-state index in [0.29, 0.717) is 5.56 Å². The maximum atomic E-state index is 13.7. The van der Waals surface area contributed by atoms with Crippen LogP contribution in [-0.2, 0) is 0 Å². The van der Waals surface area contributed by atoms with Crippen LogP contribution in [0.3, 0.4) is 0 Å². The Kier molecular flexibility index (Phi) is 5.63. The zero-order valence-corrected chi connectivity index (χ0v) is 13.8. The Morgan fingerprint density at radius 3 is 2.25 bits per heavy atom. The molecule has 0 aliphatic heterocycles. The molecular weight excluding hydrogens is 311 g/mol. The third kappa shape index (κ3) is 4.38.